The second-order valence-electron chi connectivity index (χ2n) is 5.63. The van der Waals surface area contributed by atoms with Gasteiger partial charge in [-0.3, -0.25) is 9.78 Å². The molecule has 0 N–H and O–H groups in total. The molecule has 0 saturated carbocycles. The smallest absolute Gasteiger partial charge is 0.219 e. The number of carbonyl (C=O) groups is 1. The number of aromatic nitrogens is 1. The maximum absolute atomic E-state index is 11.6. The van der Waals surface area contributed by atoms with Crippen LogP contribution in [-0.4, -0.2) is 48.1 Å². The fraction of sp³-hybridized carbons (Fsp3) is 0.600. The van der Waals surface area contributed by atoms with Gasteiger partial charge in [-0.05, 0) is 19.3 Å². The molecule has 0 aliphatic carbocycles. The van der Waals surface area contributed by atoms with E-state index in [0.717, 1.165) is 37.4 Å². The summed E-state index contributed by atoms with van der Waals surface area (Å²) in [6.07, 6.45) is 7.01. The third-order valence-electron chi connectivity index (χ3n) is 4.46. The summed E-state index contributed by atoms with van der Waals surface area (Å²) in [7, 11) is 1.66. The van der Waals surface area contributed by atoms with Crippen molar-refractivity contribution in [1.82, 2.24) is 9.88 Å². The Kier molecular flexibility index (Phi) is 3.51. The minimum Gasteiger partial charge on any atom is -0.495 e. The molecule has 2 saturated heterocycles. The van der Waals surface area contributed by atoms with Crippen LogP contribution in [0.25, 0.3) is 0 Å². The van der Waals surface area contributed by atoms with Gasteiger partial charge in [0.25, 0.3) is 0 Å². The lowest BCUT2D eigenvalue weighted by atomic mass is 10.1. The molecule has 20 heavy (non-hydrogen) atoms. The zero-order chi connectivity index (χ0) is 14.1. The molecule has 2 fully saturated rings. The maximum Gasteiger partial charge on any atom is 0.219 e. The minimum absolute atomic E-state index is 0.182. The Balaban J connectivity index is 1.87. The molecule has 0 unspecified atom stereocenters. The van der Waals surface area contributed by atoms with E-state index in [1.165, 1.54) is 6.42 Å². The number of pyridine rings is 1. The van der Waals surface area contributed by atoms with E-state index in [2.05, 4.69) is 9.88 Å². The number of likely N-dealkylation sites (tertiary alicyclic amines) is 1. The Morgan fingerprint density at radius 3 is 2.85 bits per heavy atom. The van der Waals surface area contributed by atoms with Gasteiger partial charge < -0.3 is 14.5 Å². The van der Waals surface area contributed by atoms with E-state index < -0.39 is 0 Å². The molecule has 0 radical (unpaired) electrons. The summed E-state index contributed by atoms with van der Waals surface area (Å²) in [5, 5.41) is 0. The first-order valence-electron chi connectivity index (χ1n) is 7.22. The molecule has 3 rings (SSSR count). The van der Waals surface area contributed by atoms with Gasteiger partial charge in [0.15, 0.2) is 0 Å². The highest BCUT2D eigenvalue weighted by Gasteiger charge is 2.38. The van der Waals surface area contributed by atoms with Crippen molar-refractivity contribution < 1.29 is 9.53 Å². The van der Waals surface area contributed by atoms with Crippen molar-refractivity contribution in [3.05, 3.63) is 18.5 Å². The lowest BCUT2D eigenvalue weighted by Gasteiger charge is -2.30. The molecule has 2 aliphatic heterocycles. The van der Waals surface area contributed by atoms with Crippen molar-refractivity contribution in [2.45, 2.75) is 38.3 Å². The Morgan fingerprint density at radius 2 is 2.10 bits per heavy atom. The molecule has 1 aromatic rings. The highest BCUT2D eigenvalue weighted by Crippen LogP contribution is 2.35. The zero-order valence-electron chi connectivity index (χ0n) is 12.1. The fourth-order valence-electron chi connectivity index (χ4n) is 3.44. The molecule has 1 aromatic heterocycles. The zero-order valence-corrected chi connectivity index (χ0v) is 12.1. The largest absolute Gasteiger partial charge is 0.495 e. The lowest BCUT2D eigenvalue weighted by Crippen LogP contribution is -2.40. The first-order valence-corrected chi connectivity index (χ1v) is 7.22. The topological polar surface area (TPSA) is 45.7 Å². The van der Waals surface area contributed by atoms with Crippen LogP contribution in [0.4, 0.5) is 5.69 Å². The number of carbonyl (C=O) groups excluding carboxylic acids is 1. The highest BCUT2D eigenvalue weighted by atomic mass is 16.5. The molecule has 1 amide bonds. The first kappa shape index (κ1) is 13.2. The van der Waals surface area contributed by atoms with Crippen LogP contribution in [0.1, 0.15) is 26.2 Å². The number of fused-ring (bicyclic) bond motifs is 2. The van der Waals surface area contributed by atoms with Crippen LogP contribution in [-0.2, 0) is 4.79 Å². The summed E-state index contributed by atoms with van der Waals surface area (Å²) in [6, 6.07) is 2.96. The van der Waals surface area contributed by atoms with Crippen LogP contribution in [0.3, 0.4) is 0 Å². The molecule has 3 heterocycles. The Labute approximate surface area is 119 Å². The summed E-state index contributed by atoms with van der Waals surface area (Å²) in [5.74, 6) is 0.968. The van der Waals surface area contributed by atoms with Gasteiger partial charge in [-0.1, -0.05) is 0 Å². The number of ether oxygens (including phenoxy) is 1. The number of hydrogen-bond acceptors (Lipinski definition) is 4. The predicted molar refractivity (Wildman–Crippen MR) is 76.9 cm³/mol. The summed E-state index contributed by atoms with van der Waals surface area (Å²) in [6.45, 7) is 3.35. The van der Waals surface area contributed by atoms with Crippen LogP contribution in [0.15, 0.2) is 18.5 Å². The van der Waals surface area contributed by atoms with E-state index in [1.807, 2.05) is 17.2 Å². The molecule has 2 bridgehead atoms. The molecular weight excluding hydrogens is 254 g/mol. The number of amides is 1. The molecule has 5 nitrogen and oxygen atoms in total. The van der Waals surface area contributed by atoms with Crippen molar-refractivity contribution in [2.75, 3.05) is 25.1 Å². The van der Waals surface area contributed by atoms with Gasteiger partial charge in [0, 0.05) is 38.2 Å². The second kappa shape index (κ2) is 5.31. The number of nitrogens with zero attached hydrogens (tertiary/aromatic N) is 3. The predicted octanol–water partition coefficient (Wildman–Crippen LogP) is 1.68. The molecular formula is C15H21N3O2. The van der Waals surface area contributed by atoms with E-state index in [1.54, 1.807) is 20.2 Å². The average molecular weight is 275 g/mol. The van der Waals surface area contributed by atoms with Gasteiger partial charge in [-0.25, -0.2) is 0 Å². The second-order valence-corrected chi connectivity index (χ2v) is 5.63. The standard InChI is InChI=1S/C15H21N3O2/c1-11(19)17-6-5-12-3-4-13(10-17)18(12)14-7-15(20-2)9-16-8-14/h7-9,12-13H,3-6,10H2,1-2H3/t12-,13+/m0/s1. The number of hydrogen-bond donors (Lipinski definition) is 0. The SMILES string of the molecule is COc1cncc(N2[C@H]3CC[C@@H]2CN(C(C)=O)CC3)c1. The number of methoxy groups -OCH3 is 1. The quantitative estimate of drug-likeness (QED) is 0.824. The van der Waals surface area contributed by atoms with Crippen molar-refractivity contribution in [3.8, 4) is 5.75 Å². The van der Waals surface area contributed by atoms with E-state index in [0.29, 0.717) is 12.1 Å². The van der Waals surface area contributed by atoms with Crippen LogP contribution in [0.2, 0.25) is 0 Å². The summed E-state index contributed by atoms with van der Waals surface area (Å²) in [5.41, 5.74) is 1.11. The minimum atomic E-state index is 0.182. The van der Waals surface area contributed by atoms with Gasteiger partial charge in [-0.15, -0.1) is 0 Å². The van der Waals surface area contributed by atoms with Gasteiger partial charge in [-0.2, -0.15) is 0 Å². The lowest BCUT2D eigenvalue weighted by molar-refractivity contribution is -0.129. The highest BCUT2D eigenvalue weighted by molar-refractivity contribution is 5.73. The molecule has 108 valence electrons. The molecule has 0 aromatic carbocycles. The van der Waals surface area contributed by atoms with Crippen LogP contribution in [0, 0.1) is 0 Å². The Bertz CT molecular complexity index is 506. The van der Waals surface area contributed by atoms with Gasteiger partial charge in [0.1, 0.15) is 5.75 Å². The van der Waals surface area contributed by atoms with Gasteiger partial charge in [0.05, 0.1) is 25.2 Å². The van der Waals surface area contributed by atoms with Crippen molar-refractivity contribution in [1.29, 1.82) is 0 Å². The summed E-state index contributed by atoms with van der Waals surface area (Å²) >= 11 is 0. The molecule has 2 aliphatic rings. The van der Waals surface area contributed by atoms with Crippen molar-refractivity contribution in [2.24, 2.45) is 0 Å². The van der Waals surface area contributed by atoms with Crippen LogP contribution < -0.4 is 9.64 Å². The van der Waals surface area contributed by atoms with Crippen LogP contribution >= 0.6 is 0 Å². The first-order chi connectivity index (χ1) is 9.69. The van der Waals surface area contributed by atoms with Gasteiger partial charge in [0.2, 0.25) is 5.91 Å². The van der Waals surface area contributed by atoms with Gasteiger partial charge >= 0.3 is 0 Å². The van der Waals surface area contributed by atoms with E-state index in [9.17, 15) is 4.79 Å². The molecule has 2 atom stereocenters. The normalized spacial score (nSPS) is 25.5. The molecule has 0 spiro atoms. The van der Waals surface area contributed by atoms with E-state index >= 15 is 0 Å². The summed E-state index contributed by atoms with van der Waals surface area (Å²) in [4.78, 5) is 20.3. The van der Waals surface area contributed by atoms with E-state index in [4.69, 9.17) is 4.74 Å². The Morgan fingerprint density at radius 1 is 1.30 bits per heavy atom. The van der Waals surface area contributed by atoms with Crippen molar-refractivity contribution >= 4 is 11.6 Å². The fourth-order valence-corrected chi connectivity index (χ4v) is 3.44. The monoisotopic (exact) mass is 275 g/mol. The number of anilines is 1. The third-order valence-corrected chi connectivity index (χ3v) is 4.46. The summed E-state index contributed by atoms with van der Waals surface area (Å²) < 4.78 is 5.27. The maximum atomic E-state index is 11.6. The molecule has 5 heteroatoms. The van der Waals surface area contributed by atoms with Crippen molar-refractivity contribution in [3.63, 3.8) is 0 Å². The average Bonchev–Trinajstić information content (AvgIpc) is 2.73. The Hall–Kier alpha value is -1.78. The van der Waals surface area contributed by atoms with E-state index in [-0.39, 0.29) is 5.91 Å². The number of rotatable bonds is 2. The third kappa shape index (κ3) is 2.32. The van der Waals surface area contributed by atoms with Crippen LogP contribution in [0.5, 0.6) is 5.75 Å².